The lowest BCUT2D eigenvalue weighted by molar-refractivity contribution is -0.0526. The van der Waals surface area contributed by atoms with Crippen LogP contribution in [0.15, 0.2) is 11.8 Å². The summed E-state index contributed by atoms with van der Waals surface area (Å²) in [4.78, 5) is 13.3. The van der Waals surface area contributed by atoms with Gasteiger partial charge in [0.2, 0.25) is 0 Å². The molecule has 1 saturated carbocycles. The Morgan fingerprint density at radius 1 is 1.32 bits per heavy atom. The van der Waals surface area contributed by atoms with Gasteiger partial charge < -0.3 is 13.8 Å². The van der Waals surface area contributed by atoms with Crippen molar-refractivity contribution in [3.05, 3.63) is 11.8 Å². The number of hydrogen-bond acceptors (Lipinski definition) is 5. The first-order chi connectivity index (χ1) is 9.82. The normalized spacial score (nSPS) is 25.2. The van der Waals surface area contributed by atoms with Crippen molar-refractivity contribution in [2.75, 3.05) is 6.54 Å². The molecular formula is C12H16F3NO5S. The third-order valence-electron chi connectivity index (χ3n) is 3.13. The number of carbonyl (C=O) groups excluding carboxylic acids is 1. The van der Waals surface area contributed by atoms with Crippen molar-refractivity contribution in [3.8, 4) is 0 Å². The molecule has 0 spiro atoms. The highest BCUT2D eigenvalue weighted by atomic mass is 32.2. The molecule has 22 heavy (non-hydrogen) atoms. The van der Waals surface area contributed by atoms with Gasteiger partial charge in [0.1, 0.15) is 11.4 Å². The first-order valence-electron chi connectivity index (χ1n) is 6.52. The molecule has 0 bridgehead atoms. The Kier molecular flexibility index (Phi) is 3.87. The molecule has 1 fully saturated rings. The largest absolute Gasteiger partial charge is 0.534 e. The van der Waals surface area contributed by atoms with Crippen molar-refractivity contribution >= 4 is 16.2 Å². The van der Waals surface area contributed by atoms with Crippen molar-refractivity contribution in [2.24, 2.45) is 5.92 Å². The van der Waals surface area contributed by atoms with Crippen molar-refractivity contribution in [2.45, 2.75) is 44.3 Å². The smallest absolute Gasteiger partial charge is 0.444 e. The number of amides is 1. The summed E-state index contributed by atoms with van der Waals surface area (Å²) in [6, 6.07) is -0.390. The monoisotopic (exact) mass is 343 g/mol. The van der Waals surface area contributed by atoms with Crippen LogP contribution in [0, 0.1) is 5.92 Å². The van der Waals surface area contributed by atoms with Crippen LogP contribution in [0.2, 0.25) is 0 Å². The Hall–Kier alpha value is -1.45. The van der Waals surface area contributed by atoms with E-state index >= 15 is 0 Å². The first-order valence-corrected chi connectivity index (χ1v) is 7.93. The lowest BCUT2D eigenvalue weighted by Crippen LogP contribution is -2.41. The predicted octanol–water partition coefficient (Wildman–Crippen LogP) is 2.38. The van der Waals surface area contributed by atoms with Crippen molar-refractivity contribution < 1.29 is 35.3 Å². The van der Waals surface area contributed by atoms with E-state index in [1.807, 2.05) is 0 Å². The fourth-order valence-corrected chi connectivity index (χ4v) is 2.65. The topological polar surface area (TPSA) is 72.9 Å². The Morgan fingerprint density at radius 3 is 2.41 bits per heavy atom. The van der Waals surface area contributed by atoms with Crippen LogP contribution >= 0.6 is 0 Å². The van der Waals surface area contributed by atoms with E-state index in [9.17, 15) is 26.4 Å². The predicted molar refractivity (Wildman–Crippen MR) is 69.0 cm³/mol. The molecule has 126 valence electrons. The van der Waals surface area contributed by atoms with Crippen LogP contribution in [-0.4, -0.2) is 43.1 Å². The summed E-state index contributed by atoms with van der Waals surface area (Å²) in [5, 5.41) is 0. The molecule has 2 aliphatic rings. The second-order valence-corrected chi connectivity index (χ2v) is 7.67. The summed E-state index contributed by atoms with van der Waals surface area (Å²) < 4.78 is 68.2. The number of hydrogen-bond donors (Lipinski definition) is 0. The quantitative estimate of drug-likeness (QED) is 0.568. The summed E-state index contributed by atoms with van der Waals surface area (Å²) >= 11 is 0. The summed E-state index contributed by atoms with van der Waals surface area (Å²) in [6.45, 7) is 5.03. The van der Waals surface area contributed by atoms with E-state index in [2.05, 4.69) is 4.18 Å². The van der Waals surface area contributed by atoms with E-state index in [4.69, 9.17) is 4.74 Å². The highest BCUT2D eigenvalue weighted by Crippen LogP contribution is 2.46. The van der Waals surface area contributed by atoms with Gasteiger partial charge in [0, 0.05) is 18.5 Å². The fraction of sp³-hybridized carbons (Fsp3) is 0.750. The molecule has 2 atom stereocenters. The number of nitrogens with zero attached hydrogens (tertiary/aromatic N) is 1. The van der Waals surface area contributed by atoms with E-state index in [0.29, 0.717) is 6.42 Å². The summed E-state index contributed by atoms with van der Waals surface area (Å²) in [7, 11) is -5.67. The van der Waals surface area contributed by atoms with Gasteiger partial charge in [-0.05, 0) is 33.3 Å². The van der Waals surface area contributed by atoms with Crippen LogP contribution in [0.1, 0.15) is 27.2 Å². The molecule has 10 heteroatoms. The lowest BCUT2D eigenvalue weighted by atomic mass is 10.2. The SMILES string of the molecule is CC(C)(C)OC(=O)N1CC=C(OS(=O)(=O)C(F)(F)F)C2CC21. The minimum atomic E-state index is -5.67. The molecule has 1 heterocycles. The summed E-state index contributed by atoms with van der Waals surface area (Å²) in [5.41, 5.74) is -6.16. The average molecular weight is 343 g/mol. The highest BCUT2D eigenvalue weighted by molar-refractivity contribution is 7.87. The summed E-state index contributed by atoms with van der Waals surface area (Å²) in [5.74, 6) is -0.805. The van der Waals surface area contributed by atoms with Gasteiger partial charge >= 0.3 is 21.7 Å². The van der Waals surface area contributed by atoms with Crippen molar-refractivity contribution in [1.29, 1.82) is 0 Å². The summed E-state index contributed by atoms with van der Waals surface area (Å²) in [6.07, 6.45) is 0.925. The maximum Gasteiger partial charge on any atom is 0.534 e. The van der Waals surface area contributed by atoms with E-state index < -0.39 is 39.3 Å². The molecular weight excluding hydrogens is 327 g/mol. The van der Waals surface area contributed by atoms with Crippen molar-refractivity contribution in [3.63, 3.8) is 0 Å². The molecule has 0 aromatic heterocycles. The molecule has 2 rings (SSSR count). The second kappa shape index (κ2) is 5.04. The van der Waals surface area contributed by atoms with Gasteiger partial charge in [0.25, 0.3) is 0 Å². The minimum Gasteiger partial charge on any atom is -0.444 e. The zero-order chi connectivity index (χ0) is 16.9. The van der Waals surface area contributed by atoms with Gasteiger partial charge in [-0.15, -0.1) is 0 Å². The molecule has 1 amide bonds. The van der Waals surface area contributed by atoms with Crippen LogP contribution in [-0.2, 0) is 19.0 Å². The number of carbonyl (C=O) groups is 1. The zero-order valence-electron chi connectivity index (χ0n) is 12.2. The Bertz CT molecular complexity index is 605. The van der Waals surface area contributed by atoms with Crippen LogP contribution in [0.3, 0.4) is 0 Å². The van der Waals surface area contributed by atoms with E-state index in [1.165, 1.54) is 11.0 Å². The van der Waals surface area contributed by atoms with E-state index in [0.717, 1.165) is 0 Å². The molecule has 0 aromatic rings. The molecule has 1 aliphatic heterocycles. The van der Waals surface area contributed by atoms with E-state index in [-0.39, 0.29) is 12.3 Å². The Morgan fingerprint density at radius 2 is 1.91 bits per heavy atom. The maximum atomic E-state index is 12.3. The number of alkyl halides is 3. The third-order valence-corrected chi connectivity index (χ3v) is 4.11. The van der Waals surface area contributed by atoms with Gasteiger partial charge in [0.15, 0.2) is 0 Å². The standard InChI is InChI=1S/C12H16F3NO5S/c1-11(2,3)20-10(17)16-5-4-9(7-6-8(7)16)21-22(18,19)12(13,14)15/h4,7-8H,5-6H2,1-3H3. The molecule has 1 aliphatic carbocycles. The first kappa shape index (κ1) is 16.9. The molecule has 0 radical (unpaired) electrons. The number of rotatable bonds is 2. The van der Waals surface area contributed by atoms with Crippen LogP contribution in [0.5, 0.6) is 0 Å². The number of fused-ring (bicyclic) bond motifs is 1. The fourth-order valence-electron chi connectivity index (χ4n) is 2.11. The number of halogens is 3. The Balaban J connectivity index is 2.06. The van der Waals surface area contributed by atoms with Crippen LogP contribution < -0.4 is 0 Å². The molecule has 6 nitrogen and oxygen atoms in total. The second-order valence-electron chi connectivity index (χ2n) is 6.13. The molecule has 0 N–H and O–H groups in total. The van der Waals surface area contributed by atoms with Gasteiger partial charge in [-0.1, -0.05) is 0 Å². The molecule has 0 aromatic carbocycles. The van der Waals surface area contributed by atoms with Crippen LogP contribution in [0.4, 0.5) is 18.0 Å². The zero-order valence-corrected chi connectivity index (χ0v) is 13.0. The van der Waals surface area contributed by atoms with Gasteiger partial charge in [-0.2, -0.15) is 21.6 Å². The lowest BCUT2D eigenvalue weighted by Gasteiger charge is -2.29. The van der Waals surface area contributed by atoms with Gasteiger partial charge in [-0.3, -0.25) is 0 Å². The van der Waals surface area contributed by atoms with Crippen LogP contribution in [0.25, 0.3) is 0 Å². The number of ether oxygens (including phenoxy) is 1. The maximum absolute atomic E-state index is 12.3. The van der Waals surface area contributed by atoms with Gasteiger partial charge in [0.05, 0.1) is 0 Å². The van der Waals surface area contributed by atoms with E-state index in [1.54, 1.807) is 20.8 Å². The van der Waals surface area contributed by atoms with Crippen molar-refractivity contribution in [1.82, 2.24) is 4.90 Å². The molecule has 0 saturated heterocycles. The minimum absolute atomic E-state index is 0.0568. The third kappa shape index (κ3) is 3.47. The average Bonchev–Trinajstić information content (AvgIpc) is 3.04. The van der Waals surface area contributed by atoms with Gasteiger partial charge in [-0.25, -0.2) is 4.79 Å². The highest BCUT2D eigenvalue weighted by Gasteiger charge is 2.55. The Labute approximate surface area is 126 Å². The molecule has 2 unspecified atom stereocenters.